The SMILES string of the molecule is Cc1cc2c(c(F)c1F)C(F)(F)C(C(C)C)C2. The fourth-order valence-electron chi connectivity index (χ4n) is 2.55. The van der Waals surface area contributed by atoms with Crippen LogP contribution in [-0.2, 0) is 12.3 Å². The minimum absolute atomic E-state index is 0.0847. The molecule has 0 amide bonds. The molecule has 4 heteroatoms. The van der Waals surface area contributed by atoms with Gasteiger partial charge in [-0.15, -0.1) is 0 Å². The molecule has 0 fully saturated rings. The van der Waals surface area contributed by atoms with Crippen LogP contribution in [0.3, 0.4) is 0 Å². The van der Waals surface area contributed by atoms with Crippen LogP contribution < -0.4 is 0 Å². The molecule has 1 unspecified atom stereocenters. The van der Waals surface area contributed by atoms with Crippen LogP contribution in [0.15, 0.2) is 6.07 Å². The van der Waals surface area contributed by atoms with Crippen LogP contribution in [0.5, 0.6) is 0 Å². The second-order valence-electron chi connectivity index (χ2n) is 5.03. The summed E-state index contributed by atoms with van der Waals surface area (Å²) in [5, 5.41) is 0. The van der Waals surface area contributed by atoms with Crippen molar-refractivity contribution in [3.8, 4) is 0 Å². The van der Waals surface area contributed by atoms with E-state index in [0.29, 0.717) is 0 Å². The average Bonchev–Trinajstić information content (AvgIpc) is 2.46. The molecular weight excluding hydrogens is 232 g/mol. The lowest BCUT2D eigenvalue weighted by molar-refractivity contribution is -0.0715. The topological polar surface area (TPSA) is 0 Å². The molecule has 0 radical (unpaired) electrons. The molecule has 0 spiro atoms. The Labute approximate surface area is 97.6 Å². The molecule has 1 aromatic rings. The molecule has 0 heterocycles. The van der Waals surface area contributed by atoms with Gasteiger partial charge in [-0.05, 0) is 30.4 Å². The van der Waals surface area contributed by atoms with Crippen LogP contribution in [0, 0.1) is 30.4 Å². The van der Waals surface area contributed by atoms with Gasteiger partial charge in [0.2, 0.25) is 0 Å². The largest absolute Gasteiger partial charge is 0.279 e. The Morgan fingerprint density at radius 3 is 2.35 bits per heavy atom. The maximum atomic E-state index is 14.0. The van der Waals surface area contributed by atoms with Crippen molar-refractivity contribution in [2.24, 2.45) is 11.8 Å². The molecule has 0 aliphatic heterocycles. The summed E-state index contributed by atoms with van der Waals surface area (Å²) in [6.45, 7) is 4.73. The maximum Gasteiger partial charge on any atom is 0.279 e. The summed E-state index contributed by atoms with van der Waals surface area (Å²) in [4.78, 5) is 0. The van der Waals surface area contributed by atoms with Crippen LogP contribution in [0.1, 0.15) is 30.5 Å². The van der Waals surface area contributed by atoms with Gasteiger partial charge in [-0.25, -0.2) is 17.6 Å². The third-order valence-corrected chi connectivity index (χ3v) is 3.51. The van der Waals surface area contributed by atoms with Gasteiger partial charge < -0.3 is 0 Å². The second kappa shape index (κ2) is 3.72. The Kier molecular flexibility index (Phi) is 2.71. The van der Waals surface area contributed by atoms with Crippen molar-refractivity contribution in [2.75, 3.05) is 0 Å². The Bertz CT molecular complexity index is 463. The summed E-state index contributed by atoms with van der Waals surface area (Å²) in [6.07, 6.45) is 0.109. The third kappa shape index (κ3) is 1.65. The lowest BCUT2D eigenvalue weighted by atomic mass is 9.90. The number of aryl methyl sites for hydroxylation is 1. The number of alkyl halides is 2. The van der Waals surface area contributed by atoms with Crippen molar-refractivity contribution in [2.45, 2.75) is 33.1 Å². The molecule has 2 rings (SSSR count). The number of hydrogen-bond acceptors (Lipinski definition) is 0. The molecule has 1 aliphatic rings. The van der Waals surface area contributed by atoms with Gasteiger partial charge in [-0.3, -0.25) is 0 Å². The Morgan fingerprint density at radius 1 is 1.24 bits per heavy atom. The monoisotopic (exact) mass is 246 g/mol. The number of rotatable bonds is 1. The molecule has 0 bridgehead atoms. The van der Waals surface area contributed by atoms with Gasteiger partial charge in [0.15, 0.2) is 11.6 Å². The molecule has 0 saturated carbocycles. The van der Waals surface area contributed by atoms with Gasteiger partial charge in [0, 0.05) is 5.92 Å². The number of hydrogen-bond donors (Lipinski definition) is 0. The summed E-state index contributed by atoms with van der Waals surface area (Å²) in [6, 6.07) is 1.34. The summed E-state index contributed by atoms with van der Waals surface area (Å²) in [7, 11) is 0. The minimum Gasteiger partial charge on any atom is -0.203 e. The molecule has 0 saturated heterocycles. The summed E-state index contributed by atoms with van der Waals surface area (Å²) in [5.41, 5.74) is -0.411. The van der Waals surface area contributed by atoms with E-state index in [0.717, 1.165) is 0 Å². The Hall–Kier alpha value is -1.06. The maximum absolute atomic E-state index is 14.0. The first-order chi connectivity index (χ1) is 7.76. The highest BCUT2D eigenvalue weighted by molar-refractivity contribution is 5.41. The number of halogens is 4. The van der Waals surface area contributed by atoms with Gasteiger partial charge in [0.25, 0.3) is 5.92 Å². The molecule has 0 N–H and O–H groups in total. The van der Waals surface area contributed by atoms with E-state index in [-0.39, 0.29) is 23.5 Å². The van der Waals surface area contributed by atoms with Crippen molar-refractivity contribution in [3.05, 3.63) is 34.4 Å². The first-order valence-corrected chi connectivity index (χ1v) is 5.62. The van der Waals surface area contributed by atoms with E-state index in [1.807, 2.05) is 0 Å². The van der Waals surface area contributed by atoms with Gasteiger partial charge in [-0.1, -0.05) is 19.9 Å². The fourth-order valence-corrected chi connectivity index (χ4v) is 2.55. The van der Waals surface area contributed by atoms with E-state index in [4.69, 9.17) is 0 Å². The Balaban J connectivity index is 2.63. The van der Waals surface area contributed by atoms with Crippen molar-refractivity contribution in [1.82, 2.24) is 0 Å². The molecule has 1 atom stereocenters. The van der Waals surface area contributed by atoms with Crippen LogP contribution in [0.2, 0.25) is 0 Å². The molecule has 1 aliphatic carbocycles. The average molecular weight is 246 g/mol. The van der Waals surface area contributed by atoms with Crippen molar-refractivity contribution in [3.63, 3.8) is 0 Å². The van der Waals surface area contributed by atoms with Gasteiger partial charge in [0.05, 0.1) is 5.56 Å². The number of fused-ring (bicyclic) bond motifs is 1. The van der Waals surface area contributed by atoms with Crippen LogP contribution in [0.4, 0.5) is 17.6 Å². The van der Waals surface area contributed by atoms with Gasteiger partial charge >= 0.3 is 0 Å². The van der Waals surface area contributed by atoms with Crippen molar-refractivity contribution in [1.29, 1.82) is 0 Å². The van der Waals surface area contributed by atoms with Crippen molar-refractivity contribution < 1.29 is 17.6 Å². The van der Waals surface area contributed by atoms with E-state index in [2.05, 4.69) is 0 Å². The molecule has 1 aromatic carbocycles. The van der Waals surface area contributed by atoms with Gasteiger partial charge in [-0.2, -0.15) is 0 Å². The molecule has 94 valence electrons. The molecule has 17 heavy (non-hydrogen) atoms. The summed E-state index contributed by atoms with van der Waals surface area (Å²) in [5.74, 6) is -7.04. The van der Waals surface area contributed by atoms with E-state index < -0.39 is 29.0 Å². The predicted molar refractivity (Wildman–Crippen MR) is 57.0 cm³/mol. The smallest absolute Gasteiger partial charge is 0.203 e. The lowest BCUT2D eigenvalue weighted by Crippen LogP contribution is -2.26. The van der Waals surface area contributed by atoms with Crippen LogP contribution in [0.25, 0.3) is 0 Å². The van der Waals surface area contributed by atoms with Gasteiger partial charge in [0.1, 0.15) is 0 Å². The van der Waals surface area contributed by atoms with E-state index in [1.165, 1.54) is 13.0 Å². The normalized spacial score (nSPS) is 22.0. The quantitative estimate of drug-likeness (QED) is 0.652. The first kappa shape index (κ1) is 12.4. The minimum atomic E-state index is -3.28. The third-order valence-electron chi connectivity index (χ3n) is 3.51. The highest BCUT2D eigenvalue weighted by Crippen LogP contribution is 2.50. The van der Waals surface area contributed by atoms with E-state index in [9.17, 15) is 17.6 Å². The molecule has 0 nitrogen and oxygen atoms in total. The fraction of sp³-hybridized carbons (Fsp3) is 0.538. The van der Waals surface area contributed by atoms with E-state index >= 15 is 0 Å². The zero-order valence-electron chi connectivity index (χ0n) is 9.95. The molecular formula is C13H14F4. The van der Waals surface area contributed by atoms with Crippen molar-refractivity contribution >= 4 is 0 Å². The Morgan fingerprint density at radius 2 is 1.82 bits per heavy atom. The lowest BCUT2D eigenvalue weighted by Gasteiger charge is -2.23. The summed E-state index contributed by atoms with van der Waals surface area (Å²) >= 11 is 0. The second-order valence-corrected chi connectivity index (χ2v) is 5.03. The van der Waals surface area contributed by atoms with E-state index in [1.54, 1.807) is 13.8 Å². The zero-order valence-corrected chi connectivity index (χ0v) is 9.95. The zero-order chi connectivity index (χ0) is 13.0. The highest BCUT2D eigenvalue weighted by Gasteiger charge is 2.52. The standard InChI is InChI=1S/C13H14F4/c1-6(2)9-5-8-4-7(3)11(14)12(15)10(8)13(9,16)17/h4,6,9H,5H2,1-3H3. The summed E-state index contributed by atoms with van der Waals surface area (Å²) < 4.78 is 55.0. The first-order valence-electron chi connectivity index (χ1n) is 5.62. The van der Waals surface area contributed by atoms with Crippen LogP contribution >= 0.6 is 0 Å². The molecule has 0 aromatic heterocycles. The highest BCUT2D eigenvalue weighted by atomic mass is 19.3. The number of benzene rings is 1. The predicted octanol–water partition coefficient (Wildman–Crippen LogP) is 4.19. The van der Waals surface area contributed by atoms with Crippen LogP contribution in [-0.4, -0.2) is 0 Å².